The molecule has 0 bridgehead atoms. The van der Waals surface area contributed by atoms with Gasteiger partial charge in [-0.25, -0.2) is 18.1 Å². The van der Waals surface area contributed by atoms with Gasteiger partial charge in [0.15, 0.2) is 5.03 Å². The lowest BCUT2D eigenvalue weighted by Crippen LogP contribution is -2.34. The lowest BCUT2D eigenvalue weighted by molar-refractivity contribution is 0.162. The van der Waals surface area contributed by atoms with Crippen molar-refractivity contribution in [3.05, 3.63) is 23.9 Å². The minimum atomic E-state index is -3.56. The summed E-state index contributed by atoms with van der Waals surface area (Å²) in [6.07, 6.45) is 1.47. The lowest BCUT2D eigenvalue weighted by atomic mass is 10.3. The predicted octanol–water partition coefficient (Wildman–Crippen LogP) is -0.603. The molecule has 0 fully saturated rings. The van der Waals surface area contributed by atoms with Crippen molar-refractivity contribution < 1.29 is 13.2 Å². The van der Waals surface area contributed by atoms with Gasteiger partial charge >= 0.3 is 0 Å². The summed E-state index contributed by atoms with van der Waals surface area (Å²) >= 11 is 0. The van der Waals surface area contributed by atoms with Gasteiger partial charge in [-0.3, -0.25) is 0 Å². The quantitative estimate of drug-likeness (QED) is 0.632. The highest BCUT2D eigenvalue weighted by Gasteiger charge is 2.14. The van der Waals surface area contributed by atoms with Crippen LogP contribution < -0.4 is 10.5 Å². The number of aromatic nitrogens is 1. The topological polar surface area (TPSA) is 97.5 Å². The molecule has 0 radical (unpaired) electrons. The van der Waals surface area contributed by atoms with Gasteiger partial charge in [0.25, 0.3) is 10.0 Å². The molecule has 0 amide bonds. The Bertz CT molecular complexity index is 490. The van der Waals surface area contributed by atoms with Crippen LogP contribution in [-0.2, 0) is 21.3 Å². The molecule has 0 unspecified atom stereocenters. The van der Waals surface area contributed by atoms with Crippen LogP contribution in [-0.4, -0.2) is 58.7 Å². The van der Waals surface area contributed by atoms with Crippen LogP contribution in [0.5, 0.6) is 0 Å². The molecule has 20 heavy (non-hydrogen) atoms. The number of ether oxygens (including phenoxy) is 1. The van der Waals surface area contributed by atoms with Gasteiger partial charge in [0.2, 0.25) is 0 Å². The fourth-order valence-corrected chi connectivity index (χ4v) is 2.44. The summed E-state index contributed by atoms with van der Waals surface area (Å²) in [6, 6.07) is 3.12. The molecule has 0 saturated heterocycles. The fraction of sp³-hybridized carbons (Fsp3) is 0.583. The summed E-state index contributed by atoms with van der Waals surface area (Å²) in [6.45, 7) is 2.63. The third-order valence-electron chi connectivity index (χ3n) is 2.77. The number of nitrogens with two attached hydrogens (primary N) is 1. The number of rotatable bonds is 9. The van der Waals surface area contributed by atoms with E-state index >= 15 is 0 Å². The highest BCUT2D eigenvalue weighted by Crippen LogP contribution is 2.05. The Morgan fingerprint density at radius 3 is 2.70 bits per heavy atom. The summed E-state index contributed by atoms with van der Waals surface area (Å²) in [5.41, 5.74) is 6.24. The van der Waals surface area contributed by atoms with Crippen LogP contribution in [0.2, 0.25) is 0 Å². The smallest absolute Gasteiger partial charge is 0.258 e. The number of hydrogen-bond donors (Lipinski definition) is 2. The van der Waals surface area contributed by atoms with E-state index < -0.39 is 10.0 Å². The van der Waals surface area contributed by atoms with Crippen LogP contribution >= 0.6 is 0 Å². The van der Waals surface area contributed by atoms with Gasteiger partial charge in [-0.05, 0) is 18.7 Å². The molecule has 0 aliphatic rings. The Morgan fingerprint density at radius 2 is 2.15 bits per heavy atom. The number of methoxy groups -OCH3 is 1. The zero-order valence-electron chi connectivity index (χ0n) is 11.9. The first-order valence-electron chi connectivity index (χ1n) is 6.31. The van der Waals surface area contributed by atoms with E-state index in [0.717, 1.165) is 12.1 Å². The molecule has 1 rings (SSSR count). The second-order valence-corrected chi connectivity index (χ2v) is 6.12. The molecule has 114 valence electrons. The van der Waals surface area contributed by atoms with Gasteiger partial charge in [0.1, 0.15) is 0 Å². The van der Waals surface area contributed by atoms with Crippen LogP contribution in [0, 0.1) is 0 Å². The van der Waals surface area contributed by atoms with E-state index in [2.05, 4.69) is 9.71 Å². The van der Waals surface area contributed by atoms with Crippen LogP contribution in [0.15, 0.2) is 23.4 Å². The van der Waals surface area contributed by atoms with E-state index in [1.807, 2.05) is 11.9 Å². The fourth-order valence-electron chi connectivity index (χ4n) is 1.49. The molecule has 7 nitrogen and oxygen atoms in total. The summed E-state index contributed by atoms with van der Waals surface area (Å²) in [4.78, 5) is 5.89. The van der Waals surface area contributed by atoms with Crippen molar-refractivity contribution in [2.75, 3.05) is 40.4 Å². The van der Waals surface area contributed by atoms with Crippen LogP contribution in [0.1, 0.15) is 5.56 Å². The number of nitrogens with one attached hydrogen (secondary N) is 1. The highest BCUT2D eigenvalue weighted by molar-refractivity contribution is 7.89. The zero-order valence-corrected chi connectivity index (χ0v) is 12.7. The van der Waals surface area contributed by atoms with Crippen LogP contribution in [0.3, 0.4) is 0 Å². The summed E-state index contributed by atoms with van der Waals surface area (Å²) in [5.74, 6) is 0. The summed E-state index contributed by atoms with van der Waals surface area (Å²) in [5, 5.41) is 0.00856. The van der Waals surface area contributed by atoms with Crippen molar-refractivity contribution in [3.63, 3.8) is 0 Å². The number of pyridine rings is 1. The molecule has 0 saturated carbocycles. The monoisotopic (exact) mass is 302 g/mol. The van der Waals surface area contributed by atoms with E-state index in [4.69, 9.17) is 10.5 Å². The Morgan fingerprint density at radius 1 is 1.40 bits per heavy atom. The molecule has 8 heteroatoms. The minimum absolute atomic E-state index is 0.00856. The Labute approximate surface area is 120 Å². The Hall–Kier alpha value is -1.06. The zero-order chi connectivity index (χ0) is 15.0. The minimum Gasteiger partial charge on any atom is -0.383 e. The molecule has 0 spiro atoms. The molecule has 0 atom stereocenters. The molecule has 0 aliphatic heterocycles. The molecule has 0 aliphatic carbocycles. The van der Waals surface area contributed by atoms with Gasteiger partial charge in [0, 0.05) is 39.5 Å². The average molecular weight is 302 g/mol. The normalized spacial score (nSPS) is 12.0. The first-order valence-corrected chi connectivity index (χ1v) is 7.80. The molecular formula is C12H22N4O3S. The molecule has 1 heterocycles. The number of nitrogens with zero attached hydrogens (tertiary/aromatic N) is 2. The summed E-state index contributed by atoms with van der Waals surface area (Å²) in [7, 11) is -0.0247. The molecule has 3 N–H and O–H groups in total. The van der Waals surface area contributed by atoms with E-state index in [1.54, 1.807) is 13.2 Å². The van der Waals surface area contributed by atoms with Gasteiger partial charge in [-0.15, -0.1) is 0 Å². The largest absolute Gasteiger partial charge is 0.383 e. The maximum absolute atomic E-state index is 12.0. The number of sulfonamides is 1. The summed E-state index contributed by atoms with van der Waals surface area (Å²) < 4.78 is 31.4. The van der Waals surface area contributed by atoms with Crippen molar-refractivity contribution in [2.45, 2.75) is 11.6 Å². The Kier molecular flexibility index (Phi) is 7.03. The molecule has 1 aromatic rings. The van der Waals surface area contributed by atoms with Gasteiger partial charge in [-0.2, -0.15) is 0 Å². The van der Waals surface area contributed by atoms with E-state index in [1.165, 1.54) is 12.3 Å². The molecule has 1 aromatic heterocycles. The first-order chi connectivity index (χ1) is 9.49. The number of likely N-dealkylation sites (N-methyl/N-ethyl adjacent to an activating group) is 1. The molecule has 0 aromatic carbocycles. The predicted molar refractivity (Wildman–Crippen MR) is 76.7 cm³/mol. The second kappa shape index (κ2) is 8.28. The van der Waals surface area contributed by atoms with Crippen LogP contribution in [0.4, 0.5) is 0 Å². The van der Waals surface area contributed by atoms with E-state index in [0.29, 0.717) is 26.2 Å². The average Bonchev–Trinajstić information content (AvgIpc) is 2.45. The van der Waals surface area contributed by atoms with Crippen LogP contribution in [0.25, 0.3) is 0 Å². The van der Waals surface area contributed by atoms with Crippen molar-refractivity contribution in [1.29, 1.82) is 0 Å². The molecular weight excluding hydrogens is 280 g/mol. The first kappa shape index (κ1) is 17.0. The lowest BCUT2D eigenvalue weighted by Gasteiger charge is -2.16. The maximum Gasteiger partial charge on any atom is 0.258 e. The van der Waals surface area contributed by atoms with Crippen molar-refractivity contribution >= 4 is 10.0 Å². The third kappa shape index (κ3) is 5.51. The van der Waals surface area contributed by atoms with Gasteiger partial charge in [-0.1, -0.05) is 6.07 Å². The second-order valence-electron chi connectivity index (χ2n) is 4.40. The number of hydrogen-bond acceptors (Lipinski definition) is 6. The van der Waals surface area contributed by atoms with Gasteiger partial charge in [0.05, 0.1) is 6.61 Å². The van der Waals surface area contributed by atoms with E-state index in [9.17, 15) is 8.42 Å². The van der Waals surface area contributed by atoms with Crippen molar-refractivity contribution in [1.82, 2.24) is 14.6 Å². The SMILES string of the molecule is COCCN(C)CCNS(=O)(=O)c1ccc(CN)cn1. The van der Waals surface area contributed by atoms with Gasteiger partial charge < -0.3 is 15.4 Å². The maximum atomic E-state index is 12.0. The highest BCUT2D eigenvalue weighted by atomic mass is 32.2. The van der Waals surface area contributed by atoms with Crippen molar-refractivity contribution in [2.24, 2.45) is 5.73 Å². The third-order valence-corrected chi connectivity index (χ3v) is 4.15. The Balaban J connectivity index is 2.48. The standard InChI is InChI=1S/C12H22N4O3S/c1-16(7-8-19-2)6-5-15-20(17,18)12-4-3-11(9-13)10-14-12/h3-4,10,15H,5-9,13H2,1-2H3. The van der Waals surface area contributed by atoms with Crippen molar-refractivity contribution in [3.8, 4) is 0 Å². The van der Waals surface area contributed by atoms with E-state index in [-0.39, 0.29) is 5.03 Å².